The summed E-state index contributed by atoms with van der Waals surface area (Å²) in [5, 5.41) is 14.5. The van der Waals surface area contributed by atoms with Crippen LogP contribution in [0.1, 0.15) is 50.4 Å². The Hall–Kier alpha value is -2.11. The van der Waals surface area contributed by atoms with Crippen molar-refractivity contribution in [2.75, 3.05) is 12.4 Å². The van der Waals surface area contributed by atoms with Crippen LogP contribution in [0.4, 0.5) is 11.4 Å². The van der Waals surface area contributed by atoms with E-state index in [0.717, 1.165) is 19.3 Å². The van der Waals surface area contributed by atoms with Crippen molar-refractivity contribution in [3.63, 3.8) is 0 Å². The van der Waals surface area contributed by atoms with Gasteiger partial charge in [-0.1, -0.05) is 20.8 Å². The second-order valence-electron chi connectivity index (χ2n) is 7.24. The predicted molar refractivity (Wildman–Crippen MR) is 88.6 cm³/mol. The van der Waals surface area contributed by atoms with Gasteiger partial charge in [0, 0.05) is 12.1 Å². The maximum atomic E-state index is 11.7. The molecule has 0 amide bonds. The lowest BCUT2D eigenvalue weighted by molar-refractivity contribution is -0.384. The van der Waals surface area contributed by atoms with E-state index in [9.17, 15) is 14.9 Å². The second-order valence-corrected chi connectivity index (χ2v) is 7.24. The summed E-state index contributed by atoms with van der Waals surface area (Å²) in [5.41, 5.74) is 0.870. The van der Waals surface area contributed by atoms with Crippen LogP contribution in [-0.4, -0.2) is 24.0 Å². The third-order valence-electron chi connectivity index (χ3n) is 4.36. The summed E-state index contributed by atoms with van der Waals surface area (Å²) in [6.45, 7) is 6.64. The Morgan fingerprint density at radius 3 is 2.65 bits per heavy atom. The molecule has 0 unspecified atom stereocenters. The Morgan fingerprint density at radius 2 is 2.09 bits per heavy atom. The zero-order valence-electron chi connectivity index (χ0n) is 14.1. The summed E-state index contributed by atoms with van der Waals surface area (Å²) < 4.78 is 4.70. The number of anilines is 1. The number of carbonyl (C=O) groups excluding carboxylic acids is 1. The first-order valence-corrected chi connectivity index (χ1v) is 7.85. The van der Waals surface area contributed by atoms with Gasteiger partial charge in [0.25, 0.3) is 5.69 Å². The van der Waals surface area contributed by atoms with Crippen LogP contribution < -0.4 is 5.32 Å². The number of nitrogens with zero attached hydrogens (tertiary/aromatic N) is 1. The lowest BCUT2D eigenvalue weighted by atomic mass is 9.70. The minimum atomic E-state index is -0.500. The van der Waals surface area contributed by atoms with E-state index >= 15 is 0 Å². The van der Waals surface area contributed by atoms with Gasteiger partial charge in [-0.3, -0.25) is 10.1 Å². The van der Waals surface area contributed by atoms with Gasteiger partial charge < -0.3 is 10.1 Å². The van der Waals surface area contributed by atoms with Gasteiger partial charge >= 0.3 is 5.97 Å². The Labute approximate surface area is 136 Å². The topological polar surface area (TPSA) is 81.5 Å². The highest BCUT2D eigenvalue weighted by Crippen LogP contribution is 2.40. The van der Waals surface area contributed by atoms with Crippen LogP contribution in [0.5, 0.6) is 0 Å². The number of hydrogen-bond acceptors (Lipinski definition) is 5. The van der Waals surface area contributed by atoms with Crippen molar-refractivity contribution >= 4 is 17.3 Å². The van der Waals surface area contributed by atoms with E-state index in [1.165, 1.54) is 25.3 Å². The zero-order valence-corrected chi connectivity index (χ0v) is 14.1. The molecule has 1 aromatic carbocycles. The van der Waals surface area contributed by atoms with Crippen LogP contribution in [0.25, 0.3) is 0 Å². The molecule has 2 atom stereocenters. The Balaban J connectivity index is 2.29. The van der Waals surface area contributed by atoms with Crippen LogP contribution in [0.3, 0.4) is 0 Å². The fourth-order valence-electron chi connectivity index (χ4n) is 3.73. The molecule has 23 heavy (non-hydrogen) atoms. The van der Waals surface area contributed by atoms with Crippen molar-refractivity contribution in [3.8, 4) is 0 Å². The van der Waals surface area contributed by atoms with Crippen molar-refractivity contribution in [2.24, 2.45) is 11.3 Å². The highest BCUT2D eigenvalue weighted by Gasteiger charge is 2.33. The minimum Gasteiger partial charge on any atom is -0.465 e. The highest BCUT2D eigenvalue weighted by molar-refractivity contribution is 5.91. The molecule has 6 heteroatoms. The van der Waals surface area contributed by atoms with Crippen LogP contribution in [0, 0.1) is 21.4 Å². The van der Waals surface area contributed by atoms with Crippen molar-refractivity contribution in [1.82, 2.24) is 0 Å². The predicted octanol–water partition coefficient (Wildman–Crippen LogP) is 4.01. The Morgan fingerprint density at radius 1 is 1.39 bits per heavy atom. The number of hydrogen-bond donors (Lipinski definition) is 1. The van der Waals surface area contributed by atoms with E-state index in [0.29, 0.717) is 17.2 Å². The fraction of sp³-hybridized carbons (Fsp3) is 0.588. The van der Waals surface area contributed by atoms with E-state index in [1.807, 2.05) is 0 Å². The standard InChI is InChI=1S/C17H24N2O4/c1-11-7-13(10-17(2,3)9-11)18-14-8-12(16(20)23-4)5-6-15(14)19(21)22/h5-6,8,11,13,18H,7,9-10H2,1-4H3/t11-,13-/m0/s1. The smallest absolute Gasteiger partial charge is 0.337 e. The lowest BCUT2D eigenvalue weighted by Crippen LogP contribution is -2.35. The molecular weight excluding hydrogens is 296 g/mol. The number of benzene rings is 1. The molecule has 1 saturated carbocycles. The number of nitro groups is 1. The van der Waals surface area contributed by atoms with Gasteiger partial charge in [-0.15, -0.1) is 0 Å². The number of rotatable bonds is 4. The molecular formula is C17H24N2O4. The molecule has 0 aliphatic heterocycles. The third-order valence-corrected chi connectivity index (χ3v) is 4.36. The SMILES string of the molecule is COC(=O)c1ccc([N+](=O)[O-])c(N[C@H]2C[C@H](C)CC(C)(C)C2)c1. The van der Waals surface area contributed by atoms with Gasteiger partial charge in [0.1, 0.15) is 5.69 Å². The quantitative estimate of drug-likeness (QED) is 0.515. The van der Waals surface area contributed by atoms with Gasteiger partial charge in [-0.2, -0.15) is 0 Å². The largest absolute Gasteiger partial charge is 0.465 e. The first-order valence-electron chi connectivity index (χ1n) is 7.85. The van der Waals surface area contributed by atoms with E-state index in [1.54, 1.807) is 0 Å². The number of ether oxygens (including phenoxy) is 1. The van der Waals surface area contributed by atoms with Crippen LogP contribution in [0.2, 0.25) is 0 Å². The van der Waals surface area contributed by atoms with E-state index < -0.39 is 10.9 Å². The summed E-state index contributed by atoms with van der Waals surface area (Å²) in [4.78, 5) is 22.5. The van der Waals surface area contributed by atoms with Gasteiger partial charge in [-0.25, -0.2) is 4.79 Å². The Kier molecular flexibility index (Phi) is 4.92. The maximum Gasteiger partial charge on any atom is 0.337 e. The fourth-order valence-corrected chi connectivity index (χ4v) is 3.73. The average molecular weight is 320 g/mol. The summed E-state index contributed by atoms with van der Waals surface area (Å²) in [6.07, 6.45) is 3.05. The molecule has 1 aromatic rings. The lowest BCUT2D eigenvalue weighted by Gasteiger charge is -2.39. The first kappa shape index (κ1) is 17.2. The maximum absolute atomic E-state index is 11.7. The molecule has 0 aromatic heterocycles. The van der Waals surface area contributed by atoms with E-state index in [-0.39, 0.29) is 17.1 Å². The number of methoxy groups -OCH3 is 1. The van der Waals surface area contributed by atoms with E-state index in [2.05, 4.69) is 26.1 Å². The summed E-state index contributed by atoms with van der Waals surface area (Å²) in [5.74, 6) is 0.0550. The highest BCUT2D eigenvalue weighted by atomic mass is 16.6. The first-order chi connectivity index (χ1) is 10.7. The third kappa shape index (κ3) is 4.21. The monoisotopic (exact) mass is 320 g/mol. The van der Waals surface area contributed by atoms with Gasteiger partial charge in [-0.05, 0) is 42.7 Å². The molecule has 6 nitrogen and oxygen atoms in total. The molecule has 0 radical (unpaired) electrons. The average Bonchev–Trinajstić information content (AvgIpc) is 2.43. The van der Waals surface area contributed by atoms with Gasteiger partial charge in [0.15, 0.2) is 0 Å². The number of esters is 1. The number of nitrogens with one attached hydrogen (secondary N) is 1. The minimum absolute atomic E-state index is 0.0197. The van der Waals surface area contributed by atoms with Crippen LogP contribution in [0.15, 0.2) is 18.2 Å². The molecule has 0 bridgehead atoms. The van der Waals surface area contributed by atoms with Crippen molar-refractivity contribution in [2.45, 2.75) is 46.1 Å². The van der Waals surface area contributed by atoms with Crippen molar-refractivity contribution in [1.29, 1.82) is 0 Å². The Bertz CT molecular complexity index is 613. The molecule has 0 saturated heterocycles. The summed E-state index contributed by atoms with van der Waals surface area (Å²) in [6, 6.07) is 4.44. The summed E-state index contributed by atoms with van der Waals surface area (Å²) >= 11 is 0. The van der Waals surface area contributed by atoms with Gasteiger partial charge in [0.2, 0.25) is 0 Å². The molecule has 1 N–H and O–H groups in total. The number of carbonyl (C=O) groups is 1. The summed E-state index contributed by atoms with van der Waals surface area (Å²) in [7, 11) is 1.29. The zero-order chi connectivity index (χ0) is 17.2. The molecule has 126 valence electrons. The molecule has 1 aliphatic rings. The molecule has 0 spiro atoms. The van der Waals surface area contributed by atoms with Crippen molar-refractivity contribution in [3.05, 3.63) is 33.9 Å². The van der Waals surface area contributed by atoms with Crippen LogP contribution >= 0.6 is 0 Å². The van der Waals surface area contributed by atoms with Crippen LogP contribution in [-0.2, 0) is 4.74 Å². The normalized spacial score (nSPS) is 23.1. The molecule has 0 heterocycles. The van der Waals surface area contributed by atoms with Gasteiger partial charge in [0.05, 0.1) is 17.6 Å². The molecule has 2 rings (SSSR count). The second kappa shape index (κ2) is 6.56. The number of nitro benzene ring substituents is 1. The van der Waals surface area contributed by atoms with Crippen molar-refractivity contribution < 1.29 is 14.5 Å². The molecule has 1 aliphatic carbocycles. The van der Waals surface area contributed by atoms with E-state index in [4.69, 9.17) is 4.74 Å². The molecule has 1 fully saturated rings.